The number of aliphatic hydroxyl groups is 1. The van der Waals surface area contributed by atoms with Gasteiger partial charge in [-0.15, -0.1) is 0 Å². The number of hydrogen-bond donors (Lipinski definition) is 1. The van der Waals surface area contributed by atoms with Crippen molar-refractivity contribution in [3.8, 4) is 0 Å². The van der Waals surface area contributed by atoms with E-state index >= 15 is 0 Å². The Morgan fingerprint density at radius 3 is 2.05 bits per heavy atom. The van der Waals surface area contributed by atoms with Crippen LogP contribution in [0.5, 0.6) is 0 Å². The van der Waals surface area contributed by atoms with Gasteiger partial charge in [-0.25, -0.2) is 0 Å². The van der Waals surface area contributed by atoms with Gasteiger partial charge in [0.15, 0.2) is 0 Å². The van der Waals surface area contributed by atoms with Crippen LogP contribution in [0.1, 0.15) is 64.2 Å². The van der Waals surface area contributed by atoms with Crippen molar-refractivity contribution in [1.82, 2.24) is 4.90 Å². The van der Waals surface area contributed by atoms with Gasteiger partial charge in [-0.2, -0.15) is 0 Å². The fourth-order valence-corrected chi connectivity index (χ4v) is 6.60. The zero-order valence-corrected chi connectivity index (χ0v) is 14.0. The highest BCUT2D eigenvalue weighted by Gasteiger charge is 2.51. The molecule has 124 valence electrons. The summed E-state index contributed by atoms with van der Waals surface area (Å²) in [5, 5.41) is 9.63. The molecule has 0 aromatic heterocycles. The Hall–Kier alpha value is -0.570. The molecule has 22 heavy (non-hydrogen) atoms. The Kier molecular flexibility index (Phi) is 3.56. The van der Waals surface area contributed by atoms with Crippen LogP contribution in [0.15, 0.2) is 0 Å². The van der Waals surface area contributed by atoms with Crippen molar-refractivity contribution in [2.75, 3.05) is 20.2 Å². The third-order valence-corrected chi connectivity index (χ3v) is 7.44. The third kappa shape index (κ3) is 2.50. The smallest absolute Gasteiger partial charge is 0.222 e. The molecule has 5 aliphatic rings. The Labute approximate surface area is 134 Å². The number of carbonyl (C=O) groups excluding carboxylic acids is 1. The van der Waals surface area contributed by atoms with Gasteiger partial charge >= 0.3 is 0 Å². The Morgan fingerprint density at radius 2 is 1.64 bits per heavy atom. The van der Waals surface area contributed by atoms with Crippen LogP contribution in [-0.2, 0) is 4.79 Å². The van der Waals surface area contributed by atoms with Gasteiger partial charge in [-0.1, -0.05) is 6.42 Å². The molecule has 1 amide bonds. The molecule has 0 aromatic carbocycles. The first kappa shape index (κ1) is 15.0. The van der Waals surface area contributed by atoms with Crippen LogP contribution in [-0.4, -0.2) is 36.1 Å². The predicted molar refractivity (Wildman–Crippen MR) is 86.2 cm³/mol. The molecule has 3 nitrogen and oxygen atoms in total. The lowest BCUT2D eigenvalue weighted by molar-refractivity contribution is -0.141. The largest absolute Gasteiger partial charge is 0.396 e. The summed E-state index contributed by atoms with van der Waals surface area (Å²) >= 11 is 0. The summed E-state index contributed by atoms with van der Waals surface area (Å²) in [5.74, 6) is 3.08. The number of nitrogens with zero attached hydrogens (tertiary/aromatic N) is 1. The van der Waals surface area contributed by atoms with Crippen LogP contribution < -0.4 is 0 Å². The second-order valence-corrected chi connectivity index (χ2v) is 9.36. The standard InChI is InChI=1S/C19H31NO2/c1-20(12-18(13-21)3-2-4-18)17(22)11-19-8-14-5-15(9-19)7-16(6-14)10-19/h14-16,21H,2-13H2,1H3. The quantitative estimate of drug-likeness (QED) is 0.847. The molecule has 5 saturated carbocycles. The minimum absolute atomic E-state index is 0.0197. The van der Waals surface area contributed by atoms with E-state index in [0.717, 1.165) is 43.6 Å². The second kappa shape index (κ2) is 5.22. The number of hydrogen-bond acceptors (Lipinski definition) is 2. The van der Waals surface area contributed by atoms with Crippen LogP contribution in [0.25, 0.3) is 0 Å². The van der Waals surface area contributed by atoms with E-state index in [1.54, 1.807) is 0 Å². The SMILES string of the molecule is CN(CC1(CO)CCC1)C(=O)CC12CC3CC(CC(C3)C1)C2. The maximum atomic E-state index is 12.8. The van der Waals surface area contributed by atoms with E-state index in [-0.39, 0.29) is 12.0 Å². The van der Waals surface area contributed by atoms with Crippen molar-refractivity contribution in [3.05, 3.63) is 0 Å². The molecule has 5 fully saturated rings. The van der Waals surface area contributed by atoms with E-state index in [0.29, 0.717) is 11.3 Å². The van der Waals surface area contributed by atoms with Gasteiger partial charge in [-0.3, -0.25) is 4.79 Å². The van der Waals surface area contributed by atoms with Gasteiger partial charge < -0.3 is 10.0 Å². The number of amides is 1. The minimum Gasteiger partial charge on any atom is -0.396 e. The molecule has 0 heterocycles. The molecule has 0 atom stereocenters. The fourth-order valence-electron chi connectivity index (χ4n) is 6.60. The highest BCUT2D eigenvalue weighted by molar-refractivity contribution is 5.76. The van der Waals surface area contributed by atoms with Crippen LogP contribution in [0, 0.1) is 28.6 Å². The maximum absolute atomic E-state index is 12.8. The summed E-state index contributed by atoms with van der Waals surface area (Å²) in [6.45, 7) is 0.997. The van der Waals surface area contributed by atoms with E-state index in [1.807, 2.05) is 11.9 Å². The highest BCUT2D eigenvalue weighted by atomic mass is 16.3. The molecule has 0 spiro atoms. The number of aliphatic hydroxyl groups excluding tert-OH is 1. The Morgan fingerprint density at radius 1 is 1.09 bits per heavy atom. The Bertz CT molecular complexity index is 414. The average Bonchev–Trinajstić information content (AvgIpc) is 2.40. The lowest BCUT2D eigenvalue weighted by Crippen LogP contribution is -2.50. The van der Waals surface area contributed by atoms with Gasteiger partial charge in [0.1, 0.15) is 0 Å². The maximum Gasteiger partial charge on any atom is 0.222 e. The van der Waals surface area contributed by atoms with E-state index in [2.05, 4.69) is 0 Å². The van der Waals surface area contributed by atoms with E-state index in [9.17, 15) is 9.90 Å². The van der Waals surface area contributed by atoms with Crippen LogP contribution in [0.4, 0.5) is 0 Å². The van der Waals surface area contributed by atoms with Gasteiger partial charge in [0.05, 0.1) is 6.61 Å². The molecule has 1 N–H and O–H groups in total. The van der Waals surface area contributed by atoms with Crippen molar-refractivity contribution in [3.63, 3.8) is 0 Å². The normalized spacial score (nSPS) is 41.3. The average molecular weight is 305 g/mol. The van der Waals surface area contributed by atoms with Gasteiger partial charge in [0.25, 0.3) is 0 Å². The van der Waals surface area contributed by atoms with Crippen molar-refractivity contribution in [1.29, 1.82) is 0 Å². The van der Waals surface area contributed by atoms with Gasteiger partial charge in [-0.05, 0) is 74.5 Å². The molecular formula is C19H31NO2. The zero-order valence-electron chi connectivity index (χ0n) is 14.0. The summed E-state index contributed by atoms with van der Waals surface area (Å²) in [5.41, 5.74) is 0.359. The summed E-state index contributed by atoms with van der Waals surface area (Å²) in [6.07, 6.45) is 12.4. The topological polar surface area (TPSA) is 40.5 Å². The highest BCUT2D eigenvalue weighted by Crippen LogP contribution is 2.61. The fraction of sp³-hybridized carbons (Fsp3) is 0.947. The van der Waals surface area contributed by atoms with Crippen LogP contribution in [0.2, 0.25) is 0 Å². The van der Waals surface area contributed by atoms with Crippen molar-refractivity contribution >= 4 is 5.91 Å². The summed E-state index contributed by atoms with van der Waals surface area (Å²) in [4.78, 5) is 14.7. The Balaban J connectivity index is 1.39. The molecule has 0 aromatic rings. The van der Waals surface area contributed by atoms with E-state index in [1.165, 1.54) is 44.9 Å². The first-order valence-electron chi connectivity index (χ1n) is 9.36. The van der Waals surface area contributed by atoms with Gasteiger partial charge in [0, 0.05) is 25.4 Å². The molecule has 5 aliphatic carbocycles. The van der Waals surface area contributed by atoms with Crippen molar-refractivity contribution in [2.45, 2.75) is 64.2 Å². The molecule has 0 radical (unpaired) electrons. The second-order valence-electron chi connectivity index (χ2n) is 9.36. The molecule has 0 saturated heterocycles. The van der Waals surface area contributed by atoms with Crippen LogP contribution >= 0.6 is 0 Å². The van der Waals surface area contributed by atoms with E-state index in [4.69, 9.17) is 0 Å². The first-order chi connectivity index (χ1) is 10.5. The molecule has 4 bridgehead atoms. The minimum atomic E-state index is 0.0197. The summed E-state index contributed by atoms with van der Waals surface area (Å²) < 4.78 is 0. The molecule has 0 unspecified atom stereocenters. The lowest BCUT2D eigenvalue weighted by atomic mass is 9.49. The summed E-state index contributed by atoms with van der Waals surface area (Å²) in [7, 11) is 1.96. The van der Waals surface area contributed by atoms with Gasteiger partial charge in [0.2, 0.25) is 5.91 Å². The first-order valence-corrected chi connectivity index (χ1v) is 9.36. The molecule has 5 rings (SSSR count). The van der Waals surface area contributed by atoms with Crippen molar-refractivity contribution < 1.29 is 9.90 Å². The lowest BCUT2D eigenvalue weighted by Gasteiger charge is -2.57. The summed E-state index contributed by atoms with van der Waals surface area (Å²) in [6, 6.07) is 0. The predicted octanol–water partition coefficient (Wildman–Crippen LogP) is 3.21. The molecule has 0 aliphatic heterocycles. The van der Waals surface area contributed by atoms with Crippen molar-refractivity contribution in [2.24, 2.45) is 28.6 Å². The third-order valence-electron chi connectivity index (χ3n) is 7.44. The molecule has 3 heteroatoms. The van der Waals surface area contributed by atoms with Crippen LogP contribution in [0.3, 0.4) is 0 Å². The number of carbonyl (C=O) groups is 1. The molecular weight excluding hydrogens is 274 g/mol. The van der Waals surface area contributed by atoms with E-state index < -0.39 is 0 Å². The monoisotopic (exact) mass is 305 g/mol. The zero-order chi connectivity index (χ0) is 15.4. The number of rotatable bonds is 5.